The Balaban J connectivity index is 1.13. The van der Waals surface area contributed by atoms with Crippen molar-refractivity contribution >= 4 is 60.8 Å². The molecule has 4 atom stereocenters. The van der Waals surface area contributed by atoms with Crippen LogP contribution in [-0.2, 0) is 0 Å². The molecular weight excluding hydrogens is 798 g/mol. The monoisotopic (exact) mass is 830 g/mol. The number of nitrogen functional groups attached to an aromatic ring is 1. The Labute approximate surface area is 329 Å². The number of nitrogens with two attached hydrogens (primary N) is 1. The second-order valence-corrected chi connectivity index (χ2v) is 16.9. The maximum Gasteiger partial charge on any atom is 0.346 e. The number of fused-ring (bicyclic) bond motifs is 3. The summed E-state index contributed by atoms with van der Waals surface area (Å²) >= 11 is 7.70. The van der Waals surface area contributed by atoms with Crippen molar-refractivity contribution in [1.29, 1.82) is 5.26 Å². The first-order valence-electron chi connectivity index (χ1n) is 18.3. The summed E-state index contributed by atoms with van der Waals surface area (Å²) in [6, 6.07) is 3.86. The minimum absolute atomic E-state index is 0.0176. The lowest BCUT2D eigenvalue weighted by molar-refractivity contribution is -0.0629. The van der Waals surface area contributed by atoms with Crippen LogP contribution in [0.1, 0.15) is 37.7 Å². The van der Waals surface area contributed by atoms with Crippen LogP contribution < -0.4 is 15.4 Å². The molecule has 0 spiro atoms. The number of anilines is 2. The van der Waals surface area contributed by atoms with Crippen LogP contribution in [0.4, 0.5) is 42.0 Å². The summed E-state index contributed by atoms with van der Waals surface area (Å²) in [4.78, 5) is 30.7. The number of hydrogen-bond donors (Lipinski definition) is 1. The van der Waals surface area contributed by atoms with Gasteiger partial charge in [0.15, 0.2) is 5.82 Å². The standard InChI is InChI=1S/C37H33ClF6N10O2S/c1-51(12-17-13-53(29(17)37(6-7-37)32(42)43)35(55)54-16-47-33(44)50-54)31-20-9-22(38)25(19-3-4-23(40)28-24(19)21(11-45)30(46)57-28)26(41)27(20)48-34(49-31)56-15-36-5-2-8-52(36)14-18(39)10-36/h3-4,9,16-18,29,32H,2,5-8,10,12-15,46H2,1H3/t17-,18-,29+,36+/m1/s1. The lowest BCUT2D eigenvalue weighted by Crippen LogP contribution is -2.66. The van der Waals surface area contributed by atoms with Gasteiger partial charge in [-0.2, -0.15) is 29.3 Å². The molecule has 298 valence electrons. The molecule has 0 unspecified atom stereocenters. The van der Waals surface area contributed by atoms with Crippen molar-refractivity contribution in [1.82, 2.24) is 34.5 Å². The molecule has 3 aliphatic heterocycles. The van der Waals surface area contributed by atoms with Crippen molar-refractivity contribution in [3.63, 3.8) is 0 Å². The summed E-state index contributed by atoms with van der Waals surface area (Å²) in [6.07, 6.45) is -1.94. The van der Waals surface area contributed by atoms with Crippen LogP contribution in [0, 0.1) is 40.4 Å². The van der Waals surface area contributed by atoms with E-state index >= 15 is 4.39 Å². The fourth-order valence-electron chi connectivity index (χ4n) is 9.33. The zero-order chi connectivity index (χ0) is 40.1. The molecule has 6 heterocycles. The van der Waals surface area contributed by atoms with Gasteiger partial charge in [-0.15, -0.1) is 16.4 Å². The molecule has 20 heteroatoms. The maximum atomic E-state index is 17.2. The molecule has 12 nitrogen and oxygen atoms in total. The number of ether oxygens (including phenoxy) is 1. The van der Waals surface area contributed by atoms with Crippen LogP contribution in [0.15, 0.2) is 24.5 Å². The Kier molecular flexibility index (Phi) is 8.97. The zero-order valence-electron chi connectivity index (χ0n) is 30.2. The van der Waals surface area contributed by atoms with Gasteiger partial charge in [-0.1, -0.05) is 17.7 Å². The van der Waals surface area contributed by atoms with E-state index in [0.29, 0.717) is 17.6 Å². The van der Waals surface area contributed by atoms with Crippen LogP contribution in [0.3, 0.4) is 0 Å². The highest BCUT2D eigenvalue weighted by atomic mass is 35.5. The third-order valence-corrected chi connectivity index (χ3v) is 13.4. The summed E-state index contributed by atoms with van der Waals surface area (Å²) in [5.41, 5.74) is 3.63. The first kappa shape index (κ1) is 37.6. The topological polar surface area (TPSA) is 142 Å². The SMILES string of the molecule is CN(C[C@@H]1CN(C(=O)n2cnc(F)n2)[C@@H]1C1(C(F)F)CC1)c1nc(OC[C@@]23CCCN2C[C@H](F)C3)nc2c(F)c(-c3ccc(F)c4sc(N)c(C#N)c34)c(Cl)cc12. The second kappa shape index (κ2) is 13.6. The van der Waals surface area contributed by atoms with E-state index < -0.39 is 59.3 Å². The maximum absolute atomic E-state index is 17.2. The first-order chi connectivity index (χ1) is 27.2. The molecule has 0 bridgehead atoms. The number of alkyl halides is 3. The van der Waals surface area contributed by atoms with Crippen molar-refractivity contribution in [2.75, 3.05) is 50.5 Å². The molecule has 9 rings (SSSR count). The Hall–Kier alpha value is -4.93. The number of aromatic nitrogens is 5. The van der Waals surface area contributed by atoms with E-state index in [4.69, 9.17) is 22.1 Å². The number of nitriles is 1. The minimum Gasteiger partial charge on any atom is -0.461 e. The smallest absolute Gasteiger partial charge is 0.346 e. The average molecular weight is 831 g/mol. The molecule has 3 aromatic heterocycles. The molecule has 4 aliphatic rings. The van der Waals surface area contributed by atoms with Gasteiger partial charge in [-0.25, -0.2) is 26.7 Å². The molecule has 0 radical (unpaired) electrons. The van der Waals surface area contributed by atoms with E-state index in [2.05, 4.69) is 20.1 Å². The molecule has 2 N–H and O–H groups in total. The van der Waals surface area contributed by atoms with Crippen molar-refractivity contribution < 1.29 is 35.9 Å². The van der Waals surface area contributed by atoms with Crippen LogP contribution in [-0.4, -0.2) is 105 Å². The fourth-order valence-corrected chi connectivity index (χ4v) is 10.6. The van der Waals surface area contributed by atoms with E-state index in [0.717, 1.165) is 30.2 Å². The lowest BCUT2D eigenvalue weighted by atomic mass is 9.77. The number of carbonyl (C=O) groups is 1. The Morgan fingerprint density at radius 3 is 2.70 bits per heavy atom. The minimum atomic E-state index is -2.75. The fraction of sp³-hybridized carbons (Fsp3) is 0.459. The normalized spacial score (nSPS) is 23.9. The predicted octanol–water partition coefficient (Wildman–Crippen LogP) is 7.03. The number of nitrogens with zero attached hydrogens (tertiary/aromatic N) is 9. The molecule has 2 aromatic carbocycles. The third-order valence-electron chi connectivity index (χ3n) is 12.1. The van der Waals surface area contributed by atoms with Crippen molar-refractivity contribution in [3.05, 3.63) is 52.8 Å². The van der Waals surface area contributed by atoms with Gasteiger partial charge in [-0.05, 0) is 49.9 Å². The van der Waals surface area contributed by atoms with E-state index in [9.17, 15) is 32.0 Å². The average Bonchev–Trinajstić information content (AvgIpc) is 3.38. The van der Waals surface area contributed by atoms with Crippen LogP contribution >= 0.6 is 22.9 Å². The molecule has 1 aliphatic carbocycles. The van der Waals surface area contributed by atoms with Crippen LogP contribution in [0.25, 0.3) is 32.1 Å². The number of likely N-dealkylation sites (tertiary alicyclic amines) is 1. The molecule has 5 aromatic rings. The highest BCUT2D eigenvalue weighted by molar-refractivity contribution is 7.23. The van der Waals surface area contributed by atoms with Crippen molar-refractivity contribution in [3.8, 4) is 23.2 Å². The number of hydrogen-bond acceptors (Lipinski definition) is 11. The number of thiophene rings is 1. The summed E-state index contributed by atoms with van der Waals surface area (Å²) in [5.74, 6) is -2.00. The number of carbonyl (C=O) groups excluding carboxylic acids is 1. The van der Waals surface area contributed by atoms with Gasteiger partial charge in [0, 0.05) is 55.4 Å². The van der Waals surface area contributed by atoms with Gasteiger partial charge in [-0.3, -0.25) is 4.90 Å². The van der Waals surface area contributed by atoms with Gasteiger partial charge in [0.2, 0.25) is 6.43 Å². The molecule has 4 fully saturated rings. The summed E-state index contributed by atoms with van der Waals surface area (Å²) in [6.45, 7) is 1.06. The van der Waals surface area contributed by atoms with Crippen LogP contribution in [0.5, 0.6) is 6.01 Å². The number of halogens is 7. The van der Waals surface area contributed by atoms with Gasteiger partial charge < -0.3 is 20.3 Å². The number of benzene rings is 2. The van der Waals surface area contributed by atoms with Gasteiger partial charge in [0.1, 0.15) is 47.3 Å². The second-order valence-electron chi connectivity index (χ2n) is 15.4. The van der Waals surface area contributed by atoms with Gasteiger partial charge >= 0.3 is 18.1 Å². The van der Waals surface area contributed by atoms with E-state index in [1.165, 1.54) is 17.0 Å². The molecular formula is C37H33ClF6N10O2S. The number of rotatable bonds is 9. The third kappa shape index (κ3) is 5.92. The quantitative estimate of drug-likeness (QED) is 0.154. The summed E-state index contributed by atoms with van der Waals surface area (Å²) in [5, 5.41) is 13.5. The Morgan fingerprint density at radius 1 is 1.21 bits per heavy atom. The molecule has 3 saturated heterocycles. The molecule has 57 heavy (non-hydrogen) atoms. The lowest BCUT2D eigenvalue weighted by Gasteiger charge is -2.52. The highest BCUT2D eigenvalue weighted by Crippen LogP contribution is 2.60. The van der Waals surface area contributed by atoms with E-state index in [1.807, 2.05) is 11.0 Å². The summed E-state index contributed by atoms with van der Waals surface area (Å²) < 4.78 is 96.6. The summed E-state index contributed by atoms with van der Waals surface area (Å²) in [7, 11) is 1.63. The predicted molar refractivity (Wildman–Crippen MR) is 199 cm³/mol. The molecule has 1 saturated carbocycles. The highest BCUT2D eigenvalue weighted by Gasteiger charge is 2.65. The number of amides is 1. The van der Waals surface area contributed by atoms with E-state index in [-0.39, 0.29) is 105 Å². The van der Waals surface area contributed by atoms with Gasteiger partial charge in [0.25, 0.3) is 0 Å². The van der Waals surface area contributed by atoms with E-state index in [1.54, 1.807) is 11.9 Å². The Bertz CT molecular complexity index is 2510. The van der Waals surface area contributed by atoms with Crippen molar-refractivity contribution in [2.45, 2.75) is 56.3 Å². The van der Waals surface area contributed by atoms with Crippen molar-refractivity contribution in [2.24, 2.45) is 11.3 Å². The zero-order valence-corrected chi connectivity index (χ0v) is 31.7. The Morgan fingerprint density at radius 2 is 2.00 bits per heavy atom. The first-order valence-corrected chi connectivity index (χ1v) is 19.4. The van der Waals surface area contributed by atoms with Crippen LogP contribution in [0.2, 0.25) is 5.02 Å². The van der Waals surface area contributed by atoms with Gasteiger partial charge in [0.05, 0.1) is 32.3 Å². The molecule has 1 amide bonds. The largest absolute Gasteiger partial charge is 0.461 e.